The fraction of sp³-hybridized carbons (Fsp3) is 0.167. The summed E-state index contributed by atoms with van der Waals surface area (Å²) in [5, 5.41) is 9.71. The molecule has 1 aliphatic heterocycles. The molecule has 5 rings (SSSR count). The third-order valence-electron chi connectivity index (χ3n) is 6.03. The molecule has 0 fully saturated rings. The molecule has 0 amide bonds. The lowest BCUT2D eigenvalue weighted by Gasteiger charge is -2.18. The van der Waals surface area contributed by atoms with Crippen molar-refractivity contribution in [2.45, 2.75) is 19.8 Å². The summed E-state index contributed by atoms with van der Waals surface area (Å²) in [6.07, 6.45) is 3.31. The largest absolute Gasteiger partial charge is 0.494 e. The minimum absolute atomic E-state index is 0.131. The van der Waals surface area contributed by atoms with Gasteiger partial charge in [-0.1, -0.05) is 49.0 Å². The highest BCUT2D eigenvalue weighted by Crippen LogP contribution is 2.46. The van der Waals surface area contributed by atoms with Gasteiger partial charge in [0, 0.05) is 23.3 Å². The van der Waals surface area contributed by atoms with Gasteiger partial charge in [-0.15, -0.1) is 0 Å². The van der Waals surface area contributed by atoms with Gasteiger partial charge in [0.15, 0.2) is 5.76 Å². The van der Waals surface area contributed by atoms with E-state index in [1.54, 1.807) is 18.2 Å². The molecule has 0 saturated heterocycles. The van der Waals surface area contributed by atoms with E-state index in [0.29, 0.717) is 47.0 Å². The second kappa shape index (κ2) is 9.65. The number of fused-ring (bicyclic) bond motifs is 3. The molecule has 0 spiro atoms. The molecular weight excluding hydrogens is 440 g/mol. The van der Waals surface area contributed by atoms with Crippen LogP contribution in [0.3, 0.4) is 0 Å². The number of ketones is 1. The van der Waals surface area contributed by atoms with Crippen molar-refractivity contribution in [1.29, 1.82) is 0 Å². The Balaban J connectivity index is 1.64. The van der Waals surface area contributed by atoms with E-state index in [4.69, 9.17) is 19.0 Å². The first-order valence-corrected chi connectivity index (χ1v) is 11.7. The molecule has 4 aromatic rings. The minimum atomic E-state index is -0.239. The maximum absolute atomic E-state index is 13.8. The van der Waals surface area contributed by atoms with Gasteiger partial charge in [0.1, 0.15) is 22.8 Å². The van der Waals surface area contributed by atoms with E-state index in [2.05, 4.69) is 6.58 Å². The number of furan rings is 1. The van der Waals surface area contributed by atoms with Gasteiger partial charge in [-0.3, -0.25) is 4.79 Å². The van der Waals surface area contributed by atoms with Crippen molar-refractivity contribution < 1.29 is 23.8 Å². The highest BCUT2D eigenvalue weighted by atomic mass is 16.5. The zero-order chi connectivity index (χ0) is 24.4. The number of aliphatic hydroxyl groups excluding tert-OH is 1. The molecule has 0 atom stereocenters. The van der Waals surface area contributed by atoms with E-state index in [-0.39, 0.29) is 18.2 Å². The molecule has 0 aliphatic carbocycles. The number of aliphatic hydroxyl groups is 1. The van der Waals surface area contributed by atoms with E-state index in [1.807, 2.05) is 61.5 Å². The van der Waals surface area contributed by atoms with E-state index < -0.39 is 0 Å². The summed E-state index contributed by atoms with van der Waals surface area (Å²) in [5.41, 5.74) is 4.58. The normalized spacial score (nSPS) is 12.7. The number of ether oxygens (including phenoxy) is 2. The quantitative estimate of drug-likeness (QED) is 0.229. The van der Waals surface area contributed by atoms with Crippen LogP contribution in [0, 0.1) is 0 Å². The van der Waals surface area contributed by atoms with Crippen LogP contribution in [-0.2, 0) is 0 Å². The van der Waals surface area contributed by atoms with Gasteiger partial charge in [-0.2, -0.15) is 0 Å². The Morgan fingerprint density at radius 2 is 1.86 bits per heavy atom. The number of hydrogen-bond donors (Lipinski definition) is 1. The van der Waals surface area contributed by atoms with Crippen LogP contribution in [0.15, 0.2) is 89.6 Å². The fourth-order valence-corrected chi connectivity index (χ4v) is 4.36. The Hall–Kier alpha value is -4.09. The van der Waals surface area contributed by atoms with E-state index in [1.165, 1.54) is 0 Å². The van der Waals surface area contributed by atoms with E-state index >= 15 is 0 Å². The average Bonchev–Trinajstić information content (AvgIpc) is 3.27. The molecule has 0 bridgehead atoms. The predicted molar refractivity (Wildman–Crippen MR) is 137 cm³/mol. The number of carbonyl (C=O) groups excluding carboxylic acids is 1. The van der Waals surface area contributed by atoms with Crippen molar-refractivity contribution in [2.75, 3.05) is 13.2 Å². The number of allylic oxidation sites excluding steroid dienone is 2. The minimum Gasteiger partial charge on any atom is -0.494 e. The van der Waals surface area contributed by atoms with Crippen LogP contribution in [0.5, 0.6) is 11.5 Å². The molecule has 0 saturated carbocycles. The molecule has 5 nitrogen and oxygen atoms in total. The average molecular weight is 467 g/mol. The van der Waals surface area contributed by atoms with Crippen molar-refractivity contribution in [3.63, 3.8) is 0 Å². The Kier molecular flexibility index (Phi) is 6.25. The van der Waals surface area contributed by atoms with Gasteiger partial charge in [0.2, 0.25) is 5.78 Å². The summed E-state index contributed by atoms with van der Waals surface area (Å²) < 4.78 is 18.1. The van der Waals surface area contributed by atoms with Crippen LogP contribution in [0.25, 0.3) is 27.7 Å². The van der Waals surface area contributed by atoms with Gasteiger partial charge < -0.3 is 19.0 Å². The lowest BCUT2D eigenvalue weighted by atomic mass is 9.94. The van der Waals surface area contributed by atoms with Gasteiger partial charge >= 0.3 is 0 Å². The zero-order valence-electron chi connectivity index (χ0n) is 19.5. The molecule has 1 N–H and O–H groups in total. The van der Waals surface area contributed by atoms with Crippen molar-refractivity contribution in [2.24, 2.45) is 0 Å². The highest BCUT2D eigenvalue weighted by Gasteiger charge is 2.28. The van der Waals surface area contributed by atoms with Crippen LogP contribution >= 0.6 is 0 Å². The highest BCUT2D eigenvalue weighted by molar-refractivity contribution is 6.17. The molecule has 1 aromatic heterocycles. The Bertz CT molecular complexity index is 1440. The topological polar surface area (TPSA) is 68.9 Å². The molecule has 2 heterocycles. The van der Waals surface area contributed by atoms with Crippen molar-refractivity contribution in [3.8, 4) is 22.6 Å². The zero-order valence-corrected chi connectivity index (χ0v) is 19.5. The van der Waals surface area contributed by atoms with Crippen LogP contribution < -0.4 is 9.47 Å². The second-order valence-corrected chi connectivity index (χ2v) is 8.52. The number of hydrogen-bond acceptors (Lipinski definition) is 5. The summed E-state index contributed by atoms with van der Waals surface area (Å²) in [6, 6.07) is 20.6. The molecule has 35 heavy (non-hydrogen) atoms. The van der Waals surface area contributed by atoms with Crippen molar-refractivity contribution >= 4 is 22.3 Å². The molecule has 5 heteroatoms. The van der Waals surface area contributed by atoms with Crippen LogP contribution in [0.4, 0.5) is 0 Å². The van der Waals surface area contributed by atoms with Crippen molar-refractivity contribution in [3.05, 3.63) is 102 Å². The Morgan fingerprint density at radius 3 is 2.66 bits per heavy atom. The lowest BCUT2D eigenvalue weighted by Crippen LogP contribution is -2.04. The molecular formula is C30H26O5. The first kappa shape index (κ1) is 22.7. The number of carbonyl (C=O) groups is 1. The van der Waals surface area contributed by atoms with Crippen LogP contribution in [-0.4, -0.2) is 24.1 Å². The van der Waals surface area contributed by atoms with Gasteiger partial charge in [-0.05, 0) is 61.2 Å². The van der Waals surface area contributed by atoms with Gasteiger partial charge in [0.05, 0.1) is 12.0 Å². The number of rotatable bonds is 8. The molecule has 0 radical (unpaired) electrons. The van der Waals surface area contributed by atoms with Crippen LogP contribution in [0.2, 0.25) is 0 Å². The van der Waals surface area contributed by atoms with Gasteiger partial charge in [-0.25, -0.2) is 0 Å². The third-order valence-corrected chi connectivity index (χ3v) is 6.03. The second-order valence-electron chi connectivity index (χ2n) is 8.52. The molecule has 176 valence electrons. The predicted octanol–water partition coefficient (Wildman–Crippen LogP) is 6.79. The first-order chi connectivity index (χ1) is 17.1. The maximum atomic E-state index is 13.8. The summed E-state index contributed by atoms with van der Waals surface area (Å²) >= 11 is 0. The van der Waals surface area contributed by atoms with Gasteiger partial charge in [0.25, 0.3) is 0 Å². The lowest BCUT2D eigenvalue weighted by molar-refractivity contribution is 0.101. The first-order valence-electron chi connectivity index (χ1n) is 11.7. The van der Waals surface area contributed by atoms with Crippen molar-refractivity contribution in [1.82, 2.24) is 0 Å². The molecule has 0 unspecified atom stereocenters. The van der Waals surface area contributed by atoms with E-state index in [9.17, 15) is 4.79 Å². The summed E-state index contributed by atoms with van der Waals surface area (Å²) in [4.78, 5) is 13.8. The maximum Gasteiger partial charge on any atom is 0.229 e. The van der Waals surface area contributed by atoms with E-state index in [0.717, 1.165) is 28.5 Å². The third kappa shape index (κ3) is 4.38. The summed E-state index contributed by atoms with van der Waals surface area (Å²) in [5.74, 6) is 1.80. The fourth-order valence-electron chi connectivity index (χ4n) is 4.36. The SMILES string of the molecule is C=C1C=C(C)c2ccc3oc(C(=O)c4cccc(OCCCCO)c4)c(-c4ccccc4)c3c2O1. The Labute approximate surface area is 203 Å². The smallest absolute Gasteiger partial charge is 0.229 e. The molecule has 3 aromatic carbocycles. The summed E-state index contributed by atoms with van der Waals surface area (Å²) in [6.45, 7) is 6.60. The van der Waals surface area contributed by atoms with Crippen LogP contribution in [0.1, 0.15) is 41.4 Å². The number of benzene rings is 3. The standard InChI is InChI=1S/C30H26O5/c1-19-17-20(2)34-29-24(19)13-14-25-27(29)26(21-9-4-3-5-10-21)30(35-25)28(32)22-11-8-12-23(18-22)33-16-7-6-15-31/h3-5,8-14,17-18,31H,2,6-7,15-16H2,1H3. The number of unbranched alkanes of at least 4 members (excludes halogenated alkanes) is 1. The summed E-state index contributed by atoms with van der Waals surface area (Å²) in [7, 11) is 0. The Morgan fingerprint density at radius 1 is 1.03 bits per heavy atom. The molecule has 1 aliphatic rings. The monoisotopic (exact) mass is 466 g/mol.